The van der Waals surface area contributed by atoms with Gasteiger partial charge in [0.25, 0.3) is 5.91 Å². The number of nitrogens with zero attached hydrogens (tertiary/aromatic N) is 2. The summed E-state index contributed by atoms with van der Waals surface area (Å²) in [5.41, 5.74) is 1.26. The number of carboxylic acids is 1. The van der Waals surface area contributed by atoms with E-state index in [-0.39, 0.29) is 5.92 Å². The number of thiazole rings is 1. The molecule has 2 aromatic rings. The van der Waals surface area contributed by atoms with Gasteiger partial charge in [-0.3, -0.25) is 9.78 Å². The molecule has 0 aliphatic carbocycles. The molecule has 23 heavy (non-hydrogen) atoms. The summed E-state index contributed by atoms with van der Waals surface area (Å²) in [7, 11) is 0. The zero-order valence-corrected chi connectivity index (χ0v) is 14.1. The zero-order chi connectivity index (χ0) is 17.0. The average molecular weight is 333 g/mol. The third-order valence-corrected chi connectivity index (χ3v) is 4.38. The highest BCUT2D eigenvalue weighted by Crippen LogP contribution is 2.26. The first kappa shape index (κ1) is 17.1. The van der Waals surface area contributed by atoms with Crippen molar-refractivity contribution in [3.05, 3.63) is 35.0 Å². The Bertz CT molecular complexity index is 698. The van der Waals surface area contributed by atoms with Crippen LogP contribution < -0.4 is 5.32 Å². The minimum absolute atomic E-state index is 0.169. The lowest BCUT2D eigenvalue weighted by atomic mass is 10.0. The number of hydrogen-bond acceptors (Lipinski definition) is 5. The van der Waals surface area contributed by atoms with Gasteiger partial charge in [-0.25, -0.2) is 9.78 Å². The Kier molecular flexibility index (Phi) is 5.44. The van der Waals surface area contributed by atoms with E-state index in [0.717, 1.165) is 0 Å². The van der Waals surface area contributed by atoms with Crippen molar-refractivity contribution >= 4 is 23.2 Å². The van der Waals surface area contributed by atoms with Gasteiger partial charge in [0.2, 0.25) is 0 Å². The minimum Gasteiger partial charge on any atom is -0.480 e. The summed E-state index contributed by atoms with van der Waals surface area (Å²) in [6.07, 6.45) is 2.04. The monoisotopic (exact) mass is 333 g/mol. The van der Waals surface area contributed by atoms with E-state index in [1.54, 1.807) is 19.2 Å². The Balaban J connectivity index is 2.19. The number of amides is 1. The molecule has 1 unspecified atom stereocenters. The van der Waals surface area contributed by atoms with Gasteiger partial charge in [0.15, 0.2) is 0 Å². The smallest absolute Gasteiger partial charge is 0.326 e. The Morgan fingerprint density at radius 3 is 2.65 bits per heavy atom. The molecule has 1 amide bonds. The maximum Gasteiger partial charge on any atom is 0.326 e. The van der Waals surface area contributed by atoms with Crippen LogP contribution in [0, 0.1) is 12.8 Å². The molecule has 1 atom stereocenters. The SMILES string of the molecule is Cc1nc(-c2ccccn2)sc1C(=O)NC(CC(C)C)C(=O)O. The van der Waals surface area contributed by atoms with E-state index in [1.807, 2.05) is 26.0 Å². The third kappa shape index (κ3) is 4.35. The zero-order valence-electron chi connectivity index (χ0n) is 13.2. The van der Waals surface area contributed by atoms with Crippen molar-refractivity contribution in [1.29, 1.82) is 0 Å². The maximum atomic E-state index is 12.4. The number of aromatic nitrogens is 2. The number of rotatable bonds is 6. The van der Waals surface area contributed by atoms with Crippen LogP contribution in [0.2, 0.25) is 0 Å². The van der Waals surface area contributed by atoms with Crippen LogP contribution in [-0.2, 0) is 4.79 Å². The average Bonchev–Trinajstić information content (AvgIpc) is 2.89. The van der Waals surface area contributed by atoms with Crippen LogP contribution in [0.25, 0.3) is 10.7 Å². The van der Waals surface area contributed by atoms with Crippen LogP contribution in [0.3, 0.4) is 0 Å². The molecule has 2 N–H and O–H groups in total. The van der Waals surface area contributed by atoms with Gasteiger partial charge in [-0.1, -0.05) is 19.9 Å². The minimum atomic E-state index is -1.03. The van der Waals surface area contributed by atoms with Gasteiger partial charge in [0, 0.05) is 6.20 Å². The van der Waals surface area contributed by atoms with E-state index in [1.165, 1.54) is 11.3 Å². The highest BCUT2D eigenvalue weighted by Gasteiger charge is 2.24. The predicted molar refractivity (Wildman–Crippen MR) is 88.4 cm³/mol. The molecule has 2 aromatic heterocycles. The summed E-state index contributed by atoms with van der Waals surface area (Å²) in [5.74, 6) is -1.27. The largest absolute Gasteiger partial charge is 0.480 e. The van der Waals surface area contributed by atoms with Crippen LogP contribution in [0.5, 0.6) is 0 Å². The van der Waals surface area contributed by atoms with E-state index in [9.17, 15) is 14.7 Å². The Labute approximate surface area is 138 Å². The second-order valence-corrected chi connectivity index (χ2v) is 6.64. The quantitative estimate of drug-likeness (QED) is 0.848. The number of carbonyl (C=O) groups is 2. The lowest BCUT2D eigenvalue weighted by Gasteiger charge is -2.15. The van der Waals surface area contributed by atoms with Gasteiger partial charge in [-0.2, -0.15) is 0 Å². The first-order chi connectivity index (χ1) is 10.9. The van der Waals surface area contributed by atoms with Gasteiger partial charge < -0.3 is 10.4 Å². The summed E-state index contributed by atoms with van der Waals surface area (Å²) < 4.78 is 0. The molecule has 2 heterocycles. The first-order valence-electron chi connectivity index (χ1n) is 7.31. The lowest BCUT2D eigenvalue weighted by molar-refractivity contribution is -0.139. The summed E-state index contributed by atoms with van der Waals surface area (Å²) in [4.78, 5) is 32.7. The number of aryl methyl sites for hydroxylation is 1. The van der Waals surface area contributed by atoms with Gasteiger partial charge in [0.05, 0.1) is 11.4 Å². The van der Waals surface area contributed by atoms with Gasteiger partial charge in [0.1, 0.15) is 15.9 Å². The number of carboxylic acid groups (broad SMARTS) is 1. The van der Waals surface area contributed by atoms with Crippen molar-refractivity contribution < 1.29 is 14.7 Å². The van der Waals surface area contributed by atoms with Crippen molar-refractivity contribution in [2.75, 3.05) is 0 Å². The van der Waals surface area contributed by atoms with E-state index >= 15 is 0 Å². The summed E-state index contributed by atoms with van der Waals surface area (Å²) in [6.45, 7) is 5.56. The molecule has 0 aromatic carbocycles. The number of aliphatic carboxylic acids is 1. The molecule has 0 spiro atoms. The van der Waals surface area contributed by atoms with Crippen LogP contribution in [0.4, 0.5) is 0 Å². The lowest BCUT2D eigenvalue weighted by Crippen LogP contribution is -2.41. The molecule has 6 nitrogen and oxygen atoms in total. The van der Waals surface area contributed by atoms with Gasteiger partial charge in [-0.05, 0) is 31.4 Å². The van der Waals surface area contributed by atoms with E-state index in [2.05, 4.69) is 15.3 Å². The van der Waals surface area contributed by atoms with Crippen molar-refractivity contribution in [1.82, 2.24) is 15.3 Å². The fraction of sp³-hybridized carbons (Fsp3) is 0.375. The Hall–Kier alpha value is -2.28. The van der Waals surface area contributed by atoms with Crippen molar-refractivity contribution in [3.63, 3.8) is 0 Å². The van der Waals surface area contributed by atoms with Crippen molar-refractivity contribution in [3.8, 4) is 10.7 Å². The molecule has 0 saturated heterocycles. The Morgan fingerprint density at radius 2 is 2.09 bits per heavy atom. The summed E-state index contributed by atoms with van der Waals surface area (Å²) >= 11 is 1.21. The van der Waals surface area contributed by atoms with Crippen molar-refractivity contribution in [2.45, 2.75) is 33.2 Å². The molecular weight excluding hydrogens is 314 g/mol. The highest BCUT2D eigenvalue weighted by atomic mass is 32.1. The second-order valence-electron chi connectivity index (χ2n) is 5.64. The molecule has 7 heteroatoms. The standard InChI is InChI=1S/C16H19N3O3S/c1-9(2)8-12(16(21)22)19-14(20)13-10(3)18-15(23-13)11-6-4-5-7-17-11/h4-7,9,12H,8H2,1-3H3,(H,19,20)(H,21,22). The molecule has 0 saturated carbocycles. The van der Waals surface area contributed by atoms with Crippen LogP contribution in [-0.4, -0.2) is 33.0 Å². The normalized spacial score (nSPS) is 12.2. The topological polar surface area (TPSA) is 92.2 Å². The summed E-state index contributed by atoms with van der Waals surface area (Å²) in [6, 6.07) is 4.57. The number of hydrogen-bond donors (Lipinski definition) is 2. The highest BCUT2D eigenvalue weighted by molar-refractivity contribution is 7.17. The number of pyridine rings is 1. The number of carbonyl (C=O) groups excluding carboxylic acids is 1. The van der Waals surface area contributed by atoms with Crippen LogP contribution >= 0.6 is 11.3 Å². The fourth-order valence-electron chi connectivity index (χ4n) is 2.12. The second kappa shape index (κ2) is 7.32. The Morgan fingerprint density at radius 1 is 1.35 bits per heavy atom. The number of nitrogens with one attached hydrogen (secondary N) is 1. The van der Waals surface area contributed by atoms with E-state index in [4.69, 9.17) is 0 Å². The van der Waals surface area contributed by atoms with Gasteiger partial charge >= 0.3 is 5.97 Å². The maximum absolute atomic E-state index is 12.4. The molecule has 0 aliphatic rings. The van der Waals surface area contributed by atoms with Crippen LogP contribution in [0.1, 0.15) is 35.6 Å². The fourth-order valence-corrected chi connectivity index (χ4v) is 3.07. The summed E-state index contributed by atoms with van der Waals surface area (Å²) in [5, 5.41) is 12.5. The predicted octanol–water partition coefficient (Wildman–Crippen LogP) is 2.74. The van der Waals surface area contributed by atoms with E-state index in [0.29, 0.717) is 27.7 Å². The molecular formula is C16H19N3O3S. The molecule has 122 valence electrons. The van der Waals surface area contributed by atoms with Crippen LogP contribution in [0.15, 0.2) is 24.4 Å². The molecule has 2 rings (SSSR count). The molecule has 0 aliphatic heterocycles. The molecule has 0 radical (unpaired) electrons. The molecule has 0 fully saturated rings. The molecule has 0 bridgehead atoms. The third-order valence-electron chi connectivity index (χ3n) is 3.20. The van der Waals surface area contributed by atoms with Gasteiger partial charge in [-0.15, -0.1) is 11.3 Å². The first-order valence-corrected chi connectivity index (χ1v) is 8.12. The van der Waals surface area contributed by atoms with Crippen molar-refractivity contribution in [2.24, 2.45) is 5.92 Å². The van der Waals surface area contributed by atoms with E-state index < -0.39 is 17.9 Å².